The number of nitrogens with zero attached hydrogens (tertiary/aromatic N) is 1. The SMILES string of the molecule is CCCC[C@@](C)(Oc1ccc(Oc2ccc(C(F)(F)F)cn2)cc1)C(=O)O. The molecule has 0 bridgehead atoms. The molecule has 0 unspecified atom stereocenters. The molecule has 5 nitrogen and oxygen atoms in total. The monoisotopic (exact) mass is 383 g/mol. The van der Waals surface area contributed by atoms with Crippen LogP contribution in [-0.4, -0.2) is 21.7 Å². The summed E-state index contributed by atoms with van der Waals surface area (Å²) in [7, 11) is 0. The molecule has 2 aromatic rings. The van der Waals surface area contributed by atoms with Gasteiger partial charge in [0, 0.05) is 12.3 Å². The van der Waals surface area contributed by atoms with Crippen molar-refractivity contribution in [1.82, 2.24) is 4.98 Å². The van der Waals surface area contributed by atoms with E-state index in [1.807, 2.05) is 6.92 Å². The zero-order valence-corrected chi connectivity index (χ0v) is 14.9. The number of ether oxygens (including phenoxy) is 2. The van der Waals surface area contributed by atoms with Gasteiger partial charge in [0.25, 0.3) is 0 Å². The van der Waals surface area contributed by atoms with Crippen LogP contribution in [0.3, 0.4) is 0 Å². The topological polar surface area (TPSA) is 68.7 Å². The van der Waals surface area contributed by atoms with Gasteiger partial charge in [0.2, 0.25) is 11.5 Å². The van der Waals surface area contributed by atoms with Crippen LogP contribution in [0.15, 0.2) is 42.6 Å². The third-order valence-electron chi connectivity index (χ3n) is 3.91. The molecule has 0 saturated heterocycles. The van der Waals surface area contributed by atoms with Gasteiger partial charge in [-0.2, -0.15) is 13.2 Å². The number of carboxylic acids is 1. The molecular weight excluding hydrogens is 363 g/mol. The lowest BCUT2D eigenvalue weighted by molar-refractivity contribution is -0.154. The van der Waals surface area contributed by atoms with Crippen LogP contribution in [0.2, 0.25) is 0 Å². The van der Waals surface area contributed by atoms with Crippen LogP contribution in [0.5, 0.6) is 17.4 Å². The van der Waals surface area contributed by atoms with Crippen molar-refractivity contribution in [2.24, 2.45) is 0 Å². The van der Waals surface area contributed by atoms with E-state index in [2.05, 4.69) is 4.98 Å². The van der Waals surface area contributed by atoms with E-state index in [0.29, 0.717) is 30.5 Å². The molecule has 0 fully saturated rings. The molecular formula is C19H20F3NO4. The lowest BCUT2D eigenvalue weighted by atomic mass is 9.99. The third kappa shape index (κ3) is 5.60. The number of halogens is 3. The Balaban J connectivity index is 2.05. The number of alkyl halides is 3. The summed E-state index contributed by atoms with van der Waals surface area (Å²) in [4.78, 5) is 15.1. The highest BCUT2D eigenvalue weighted by Crippen LogP contribution is 2.31. The Hall–Kier alpha value is -2.77. The van der Waals surface area contributed by atoms with Gasteiger partial charge >= 0.3 is 12.1 Å². The molecule has 0 amide bonds. The highest BCUT2D eigenvalue weighted by molar-refractivity contribution is 5.77. The number of carbonyl (C=O) groups is 1. The van der Waals surface area contributed by atoms with Gasteiger partial charge in [-0.1, -0.05) is 13.3 Å². The molecule has 1 N–H and O–H groups in total. The minimum atomic E-state index is -4.46. The number of aromatic nitrogens is 1. The van der Waals surface area contributed by atoms with E-state index in [1.165, 1.54) is 31.2 Å². The molecule has 1 aromatic carbocycles. The second-order valence-corrected chi connectivity index (χ2v) is 6.20. The van der Waals surface area contributed by atoms with Crippen LogP contribution in [0, 0.1) is 0 Å². The maximum absolute atomic E-state index is 12.5. The standard InChI is InChI=1S/C19H20F3NO4/c1-3-4-11-18(2,17(24)25)27-15-8-6-14(7-9-15)26-16-10-5-13(12-23-16)19(20,21)22/h5-10,12H,3-4,11H2,1-2H3,(H,24,25)/t18-/m1/s1. The van der Waals surface area contributed by atoms with E-state index in [0.717, 1.165) is 18.6 Å². The molecule has 2 rings (SSSR count). The Morgan fingerprint density at radius 1 is 1.11 bits per heavy atom. The summed E-state index contributed by atoms with van der Waals surface area (Å²) >= 11 is 0. The first-order valence-corrected chi connectivity index (χ1v) is 8.37. The van der Waals surface area contributed by atoms with Gasteiger partial charge in [-0.25, -0.2) is 9.78 Å². The highest BCUT2D eigenvalue weighted by Gasteiger charge is 2.35. The number of rotatable bonds is 8. The van der Waals surface area contributed by atoms with E-state index in [4.69, 9.17) is 9.47 Å². The molecule has 1 atom stereocenters. The molecule has 0 aliphatic rings. The Morgan fingerprint density at radius 2 is 1.74 bits per heavy atom. The van der Waals surface area contributed by atoms with Crippen molar-refractivity contribution in [2.75, 3.05) is 0 Å². The van der Waals surface area contributed by atoms with Gasteiger partial charge in [-0.05, 0) is 50.1 Å². The van der Waals surface area contributed by atoms with E-state index in [1.54, 1.807) is 0 Å². The fourth-order valence-electron chi connectivity index (χ4n) is 2.28. The summed E-state index contributed by atoms with van der Waals surface area (Å²) in [5, 5.41) is 9.41. The lowest BCUT2D eigenvalue weighted by Gasteiger charge is -2.26. The van der Waals surface area contributed by atoms with Crippen molar-refractivity contribution in [2.45, 2.75) is 44.9 Å². The Bertz CT molecular complexity index is 760. The molecule has 0 radical (unpaired) electrons. The van der Waals surface area contributed by atoms with Gasteiger partial charge in [0.15, 0.2) is 0 Å². The van der Waals surface area contributed by atoms with Crippen LogP contribution >= 0.6 is 0 Å². The van der Waals surface area contributed by atoms with E-state index in [-0.39, 0.29) is 5.88 Å². The quantitative estimate of drug-likeness (QED) is 0.669. The maximum Gasteiger partial charge on any atom is 0.417 e. The van der Waals surface area contributed by atoms with Gasteiger partial charge in [0.05, 0.1) is 5.56 Å². The van der Waals surface area contributed by atoms with Crippen LogP contribution in [0.1, 0.15) is 38.7 Å². The summed E-state index contributed by atoms with van der Waals surface area (Å²) in [5.41, 5.74) is -2.20. The van der Waals surface area contributed by atoms with Crippen molar-refractivity contribution < 1.29 is 32.5 Å². The Morgan fingerprint density at radius 3 is 2.22 bits per heavy atom. The Labute approximate surface area is 154 Å². The van der Waals surface area contributed by atoms with E-state index in [9.17, 15) is 23.1 Å². The van der Waals surface area contributed by atoms with Crippen LogP contribution in [0.4, 0.5) is 13.2 Å². The second-order valence-electron chi connectivity index (χ2n) is 6.20. The first-order chi connectivity index (χ1) is 12.6. The van der Waals surface area contributed by atoms with E-state index >= 15 is 0 Å². The minimum Gasteiger partial charge on any atom is -0.478 e. The number of benzene rings is 1. The predicted molar refractivity (Wildman–Crippen MR) is 91.9 cm³/mol. The smallest absolute Gasteiger partial charge is 0.417 e. The number of aliphatic carboxylic acids is 1. The fourth-order valence-corrected chi connectivity index (χ4v) is 2.28. The Kier molecular flexibility index (Phi) is 6.30. The van der Waals surface area contributed by atoms with Crippen molar-refractivity contribution in [3.05, 3.63) is 48.2 Å². The van der Waals surface area contributed by atoms with Crippen molar-refractivity contribution >= 4 is 5.97 Å². The predicted octanol–water partition coefficient (Wildman–Crippen LogP) is 5.31. The molecule has 1 heterocycles. The molecule has 27 heavy (non-hydrogen) atoms. The number of unbranched alkanes of at least 4 members (excludes halogenated alkanes) is 1. The second kappa shape index (κ2) is 8.28. The molecule has 0 aliphatic carbocycles. The van der Waals surface area contributed by atoms with Gasteiger partial charge in [-0.3, -0.25) is 0 Å². The van der Waals surface area contributed by atoms with Crippen LogP contribution in [-0.2, 0) is 11.0 Å². The fraction of sp³-hybridized carbons (Fsp3) is 0.368. The van der Waals surface area contributed by atoms with E-state index < -0.39 is 23.3 Å². The zero-order chi connectivity index (χ0) is 20.1. The first-order valence-electron chi connectivity index (χ1n) is 8.37. The zero-order valence-electron chi connectivity index (χ0n) is 14.9. The molecule has 0 saturated carbocycles. The molecule has 8 heteroatoms. The number of hydrogen-bond donors (Lipinski definition) is 1. The normalized spacial score (nSPS) is 13.7. The number of carboxylic acid groups (broad SMARTS) is 1. The molecule has 1 aromatic heterocycles. The lowest BCUT2D eigenvalue weighted by Crippen LogP contribution is -2.41. The number of hydrogen-bond acceptors (Lipinski definition) is 4. The largest absolute Gasteiger partial charge is 0.478 e. The van der Waals surface area contributed by atoms with Gasteiger partial charge in [-0.15, -0.1) is 0 Å². The van der Waals surface area contributed by atoms with Crippen molar-refractivity contribution in [1.29, 1.82) is 0 Å². The maximum atomic E-state index is 12.5. The molecule has 0 aliphatic heterocycles. The van der Waals surface area contributed by atoms with Crippen LogP contribution in [0.25, 0.3) is 0 Å². The third-order valence-corrected chi connectivity index (χ3v) is 3.91. The summed E-state index contributed by atoms with van der Waals surface area (Å²) in [6, 6.07) is 8.12. The number of pyridine rings is 1. The summed E-state index contributed by atoms with van der Waals surface area (Å²) in [6.45, 7) is 3.48. The summed E-state index contributed by atoms with van der Waals surface area (Å²) in [6.07, 6.45) is -1.84. The minimum absolute atomic E-state index is 0.00925. The van der Waals surface area contributed by atoms with Crippen molar-refractivity contribution in [3.8, 4) is 17.4 Å². The van der Waals surface area contributed by atoms with Crippen molar-refractivity contribution in [3.63, 3.8) is 0 Å². The first kappa shape index (κ1) is 20.5. The average molecular weight is 383 g/mol. The molecule has 146 valence electrons. The molecule has 0 spiro atoms. The van der Waals surface area contributed by atoms with Crippen LogP contribution < -0.4 is 9.47 Å². The van der Waals surface area contributed by atoms with Gasteiger partial charge < -0.3 is 14.6 Å². The summed E-state index contributed by atoms with van der Waals surface area (Å²) < 4.78 is 48.6. The average Bonchev–Trinajstić information content (AvgIpc) is 2.61. The summed E-state index contributed by atoms with van der Waals surface area (Å²) in [5.74, 6) is -0.357. The van der Waals surface area contributed by atoms with Gasteiger partial charge in [0.1, 0.15) is 11.5 Å². The highest BCUT2D eigenvalue weighted by atomic mass is 19.4.